The van der Waals surface area contributed by atoms with Gasteiger partial charge in [0.25, 0.3) is 0 Å². The highest BCUT2D eigenvalue weighted by Gasteiger charge is 2.27. The quantitative estimate of drug-likeness (QED) is 0.826. The molecule has 0 aliphatic heterocycles. The molecule has 0 aromatic heterocycles. The van der Waals surface area contributed by atoms with E-state index in [-0.39, 0.29) is 11.3 Å². The summed E-state index contributed by atoms with van der Waals surface area (Å²) in [7, 11) is 0. The van der Waals surface area contributed by atoms with Crippen LogP contribution in [0.1, 0.15) is 31.9 Å². The molecule has 1 rings (SSSR count). The van der Waals surface area contributed by atoms with Gasteiger partial charge in [0.15, 0.2) is 0 Å². The SMILES string of the molecule is Cc1ccc(C)c(NC(=O)[C@@H](N)C(C)(C)C)c1. The lowest BCUT2D eigenvalue weighted by Crippen LogP contribution is -2.45. The Labute approximate surface area is 103 Å². The van der Waals surface area contributed by atoms with E-state index < -0.39 is 6.04 Å². The third kappa shape index (κ3) is 3.56. The molecule has 94 valence electrons. The van der Waals surface area contributed by atoms with Crippen LogP contribution in [0.15, 0.2) is 18.2 Å². The molecule has 0 heterocycles. The van der Waals surface area contributed by atoms with Crippen LogP contribution >= 0.6 is 0 Å². The van der Waals surface area contributed by atoms with Crippen LogP contribution in [-0.4, -0.2) is 11.9 Å². The topological polar surface area (TPSA) is 55.1 Å². The van der Waals surface area contributed by atoms with E-state index in [1.54, 1.807) is 0 Å². The van der Waals surface area contributed by atoms with Crippen molar-refractivity contribution in [1.29, 1.82) is 0 Å². The molecular formula is C14H22N2O. The van der Waals surface area contributed by atoms with Crippen LogP contribution in [0.2, 0.25) is 0 Å². The van der Waals surface area contributed by atoms with Crippen LogP contribution in [-0.2, 0) is 4.79 Å². The summed E-state index contributed by atoms with van der Waals surface area (Å²) < 4.78 is 0. The zero-order valence-corrected chi connectivity index (χ0v) is 11.3. The second-order valence-electron chi connectivity index (χ2n) is 5.65. The molecule has 0 spiro atoms. The van der Waals surface area contributed by atoms with Gasteiger partial charge in [-0.1, -0.05) is 32.9 Å². The standard InChI is InChI=1S/C14H22N2O/c1-9-6-7-10(2)11(8-9)16-13(17)12(15)14(3,4)5/h6-8,12H,15H2,1-5H3,(H,16,17)/t12-/m1/s1. The summed E-state index contributed by atoms with van der Waals surface area (Å²) in [4.78, 5) is 12.0. The summed E-state index contributed by atoms with van der Waals surface area (Å²) in [5.41, 5.74) is 8.69. The van der Waals surface area contributed by atoms with Gasteiger partial charge >= 0.3 is 0 Å². The summed E-state index contributed by atoms with van der Waals surface area (Å²) in [6, 6.07) is 5.47. The molecule has 3 heteroatoms. The first-order valence-electron chi connectivity index (χ1n) is 5.85. The van der Waals surface area contributed by atoms with Crippen molar-refractivity contribution in [2.45, 2.75) is 40.7 Å². The Morgan fingerprint density at radius 3 is 2.41 bits per heavy atom. The number of amides is 1. The lowest BCUT2D eigenvalue weighted by Gasteiger charge is -2.26. The summed E-state index contributed by atoms with van der Waals surface area (Å²) >= 11 is 0. The lowest BCUT2D eigenvalue weighted by molar-refractivity contribution is -0.119. The van der Waals surface area contributed by atoms with Crippen molar-refractivity contribution >= 4 is 11.6 Å². The van der Waals surface area contributed by atoms with E-state index >= 15 is 0 Å². The Morgan fingerprint density at radius 1 is 1.29 bits per heavy atom. The monoisotopic (exact) mass is 234 g/mol. The van der Waals surface area contributed by atoms with Crippen molar-refractivity contribution in [3.05, 3.63) is 29.3 Å². The van der Waals surface area contributed by atoms with Crippen LogP contribution in [0.5, 0.6) is 0 Å². The Morgan fingerprint density at radius 2 is 1.88 bits per heavy atom. The van der Waals surface area contributed by atoms with Gasteiger partial charge in [0.1, 0.15) is 0 Å². The molecule has 0 radical (unpaired) electrons. The van der Waals surface area contributed by atoms with Crippen LogP contribution in [0, 0.1) is 19.3 Å². The van der Waals surface area contributed by atoms with Crippen molar-refractivity contribution in [3.63, 3.8) is 0 Å². The van der Waals surface area contributed by atoms with Gasteiger partial charge in [-0.05, 0) is 36.5 Å². The van der Waals surface area contributed by atoms with Crippen molar-refractivity contribution < 1.29 is 4.79 Å². The molecule has 0 bridgehead atoms. The molecule has 0 fully saturated rings. The van der Waals surface area contributed by atoms with E-state index in [2.05, 4.69) is 5.32 Å². The summed E-state index contributed by atoms with van der Waals surface area (Å²) in [5.74, 6) is -0.133. The number of hydrogen-bond acceptors (Lipinski definition) is 2. The molecule has 3 nitrogen and oxygen atoms in total. The van der Waals surface area contributed by atoms with Gasteiger partial charge in [-0.15, -0.1) is 0 Å². The van der Waals surface area contributed by atoms with Gasteiger partial charge in [0.05, 0.1) is 6.04 Å². The van der Waals surface area contributed by atoms with Crippen LogP contribution in [0.4, 0.5) is 5.69 Å². The maximum Gasteiger partial charge on any atom is 0.241 e. The van der Waals surface area contributed by atoms with Gasteiger partial charge in [-0.3, -0.25) is 4.79 Å². The molecule has 1 aromatic rings. The van der Waals surface area contributed by atoms with Gasteiger partial charge in [-0.2, -0.15) is 0 Å². The number of carbonyl (C=O) groups excluding carboxylic acids is 1. The second-order valence-corrected chi connectivity index (χ2v) is 5.65. The van der Waals surface area contributed by atoms with Crippen LogP contribution in [0.25, 0.3) is 0 Å². The van der Waals surface area contributed by atoms with Crippen molar-refractivity contribution in [3.8, 4) is 0 Å². The highest BCUT2D eigenvalue weighted by molar-refractivity contribution is 5.95. The summed E-state index contributed by atoms with van der Waals surface area (Å²) in [5, 5.41) is 2.89. The molecule has 0 aliphatic rings. The molecule has 3 N–H and O–H groups in total. The zero-order valence-electron chi connectivity index (χ0n) is 11.3. The predicted molar refractivity (Wildman–Crippen MR) is 72.0 cm³/mol. The summed E-state index contributed by atoms with van der Waals surface area (Å²) in [6.07, 6.45) is 0. The molecule has 1 amide bonds. The average Bonchev–Trinajstić information content (AvgIpc) is 2.21. The minimum Gasteiger partial charge on any atom is -0.324 e. The maximum atomic E-state index is 12.0. The molecule has 0 aliphatic carbocycles. The Bertz CT molecular complexity index is 419. The average molecular weight is 234 g/mol. The Balaban J connectivity index is 2.85. The van der Waals surface area contributed by atoms with E-state index in [0.717, 1.165) is 16.8 Å². The highest BCUT2D eigenvalue weighted by atomic mass is 16.2. The van der Waals surface area contributed by atoms with E-state index in [1.807, 2.05) is 52.8 Å². The molecular weight excluding hydrogens is 212 g/mol. The number of aryl methyl sites for hydroxylation is 2. The first-order valence-corrected chi connectivity index (χ1v) is 5.85. The minimum atomic E-state index is -0.512. The van der Waals surface area contributed by atoms with Crippen LogP contribution < -0.4 is 11.1 Å². The molecule has 17 heavy (non-hydrogen) atoms. The fourth-order valence-electron chi connectivity index (χ4n) is 1.47. The van der Waals surface area contributed by atoms with Crippen molar-refractivity contribution in [2.24, 2.45) is 11.1 Å². The van der Waals surface area contributed by atoms with Crippen LogP contribution in [0.3, 0.4) is 0 Å². The number of nitrogens with two attached hydrogens (primary N) is 1. The van der Waals surface area contributed by atoms with Gasteiger partial charge in [0.2, 0.25) is 5.91 Å². The Hall–Kier alpha value is -1.35. The lowest BCUT2D eigenvalue weighted by atomic mass is 9.87. The van der Waals surface area contributed by atoms with E-state index in [0.29, 0.717) is 0 Å². The Kier molecular flexibility index (Phi) is 3.94. The smallest absolute Gasteiger partial charge is 0.241 e. The first kappa shape index (κ1) is 13.7. The second kappa shape index (κ2) is 4.88. The van der Waals surface area contributed by atoms with Crippen molar-refractivity contribution in [1.82, 2.24) is 0 Å². The molecule has 1 aromatic carbocycles. The van der Waals surface area contributed by atoms with Gasteiger partial charge < -0.3 is 11.1 Å². The van der Waals surface area contributed by atoms with Gasteiger partial charge in [-0.25, -0.2) is 0 Å². The number of nitrogens with one attached hydrogen (secondary N) is 1. The first-order chi connectivity index (χ1) is 7.71. The molecule has 0 saturated carbocycles. The maximum absolute atomic E-state index is 12.0. The number of anilines is 1. The predicted octanol–water partition coefficient (Wildman–Crippen LogP) is 2.62. The number of rotatable bonds is 2. The fourth-order valence-corrected chi connectivity index (χ4v) is 1.47. The zero-order chi connectivity index (χ0) is 13.2. The molecule has 1 atom stereocenters. The van der Waals surface area contributed by atoms with Crippen molar-refractivity contribution in [2.75, 3.05) is 5.32 Å². The fraction of sp³-hybridized carbons (Fsp3) is 0.500. The number of carbonyl (C=O) groups is 1. The molecule has 0 unspecified atom stereocenters. The van der Waals surface area contributed by atoms with E-state index in [1.165, 1.54) is 0 Å². The normalized spacial score (nSPS) is 13.3. The third-order valence-corrected chi connectivity index (χ3v) is 2.87. The van der Waals surface area contributed by atoms with E-state index in [9.17, 15) is 4.79 Å². The number of benzene rings is 1. The highest BCUT2D eigenvalue weighted by Crippen LogP contribution is 2.21. The summed E-state index contributed by atoms with van der Waals surface area (Å²) in [6.45, 7) is 9.84. The third-order valence-electron chi connectivity index (χ3n) is 2.87. The molecule has 0 saturated heterocycles. The van der Waals surface area contributed by atoms with E-state index in [4.69, 9.17) is 5.73 Å². The van der Waals surface area contributed by atoms with Gasteiger partial charge in [0, 0.05) is 5.69 Å². The number of hydrogen-bond donors (Lipinski definition) is 2. The largest absolute Gasteiger partial charge is 0.324 e. The minimum absolute atomic E-state index is 0.133.